The molecule has 0 saturated carbocycles. The minimum absolute atomic E-state index is 0.194. The molecule has 1 aliphatic heterocycles. The number of hydrogen-bond donors (Lipinski definition) is 1. The van der Waals surface area contributed by atoms with Gasteiger partial charge in [-0.1, -0.05) is 32.0 Å². The first kappa shape index (κ1) is 18.5. The Labute approximate surface area is 157 Å². The third-order valence-corrected chi connectivity index (χ3v) is 4.02. The van der Waals surface area contributed by atoms with Crippen LogP contribution in [0.1, 0.15) is 30.9 Å². The number of nitrogens with one attached hydrogen (secondary N) is 1. The van der Waals surface area contributed by atoms with E-state index in [9.17, 15) is 9.59 Å². The van der Waals surface area contributed by atoms with Crippen LogP contribution < -0.4 is 14.8 Å². The number of benzene rings is 2. The molecule has 1 amide bonds. The highest BCUT2D eigenvalue weighted by Gasteiger charge is 2.12. The number of hydrogen-bond acceptors (Lipinski definition) is 5. The van der Waals surface area contributed by atoms with E-state index in [4.69, 9.17) is 14.2 Å². The van der Waals surface area contributed by atoms with Crippen LogP contribution in [0.25, 0.3) is 6.08 Å². The molecule has 2 aromatic rings. The molecule has 0 unspecified atom stereocenters. The second-order valence-corrected chi connectivity index (χ2v) is 6.38. The fourth-order valence-corrected chi connectivity index (χ4v) is 2.51. The monoisotopic (exact) mass is 367 g/mol. The zero-order valence-corrected chi connectivity index (χ0v) is 15.2. The first-order valence-electron chi connectivity index (χ1n) is 8.65. The molecular weight excluding hydrogens is 346 g/mol. The Hall–Kier alpha value is -3.28. The Morgan fingerprint density at radius 2 is 1.85 bits per heavy atom. The zero-order valence-electron chi connectivity index (χ0n) is 15.2. The van der Waals surface area contributed by atoms with Gasteiger partial charge in [-0.15, -0.1) is 0 Å². The molecule has 0 fully saturated rings. The first-order valence-corrected chi connectivity index (χ1v) is 8.65. The molecule has 27 heavy (non-hydrogen) atoms. The minimum Gasteiger partial charge on any atom is -0.454 e. The molecule has 0 bridgehead atoms. The van der Waals surface area contributed by atoms with Gasteiger partial charge in [-0.2, -0.15) is 0 Å². The first-order chi connectivity index (χ1) is 13.0. The summed E-state index contributed by atoms with van der Waals surface area (Å²) in [7, 11) is 0. The molecule has 0 spiro atoms. The van der Waals surface area contributed by atoms with Crippen molar-refractivity contribution in [3.8, 4) is 11.5 Å². The number of fused-ring (bicyclic) bond motifs is 1. The third-order valence-electron chi connectivity index (χ3n) is 4.02. The van der Waals surface area contributed by atoms with Crippen molar-refractivity contribution in [2.45, 2.75) is 19.8 Å². The van der Waals surface area contributed by atoms with Gasteiger partial charge in [0.2, 0.25) is 6.79 Å². The lowest BCUT2D eigenvalue weighted by Gasteiger charge is -2.08. The summed E-state index contributed by atoms with van der Waals surface area (Å²) in [5, 5.41) is 2.69. The molecule has 3 rings (SSSR count). The van der Waals surface area contributed by atoms with E-state index in [2.05, 4.69) is 19.2 Å². The molecule has 1 aliphatic rings. The molecule has 0 atom stereocenters. The van der Waals surface area contributed by atoms with Crippen LogP contribution in [-0.2, 0) is 14.3 Å². The molecule has 1 heterocycles. The van der Waals surface area contributed by atoms with Crippen molar-refractivity contribution in [1.82, 2.24) is 0 Å². The standard InChI is InChI=1S/C21H21NO5/c1-14(2)16-5-7-17(8-6-16)22-20(23)12-25-21(24)10-4-15-3-9-18-19(11-15)27-13-26-18/h3-11,14H,12-13H2,1-2H3,(H,22,23)/b10-4+. The SMILES string of the molecule is CC(C)c1ccc(NC(=O)COC(=O)/C=C/c2ccc3c(c2)OCO3)cc1. The number of carbonyl (C=O) groups is 2. The largest absolute Gasteiger partial charge is 0.454 e. The highest BCUT2D eigenvalue weighted by atomic mass is 16.7. The van der Waals surface area contributed by atoms with Crippen molar-refractivity contribution in [3.63, 3.8) is 0 Å². The van der Waals surface area contributed by atoms with Gasteiger partial charge in [-0.05, 0) is 47.4 Å². The van der Waals surface area contributed by atoms with Gasteiger partial charge in [0.05, 0.1) is 0 Å². The fraction of sp³-hybridized carbons (Fsp3) is 0.238. The molecule has 140 valence electrons. The molecule has 0 aromatic heterocycles. The molecule has 0 radical (unpaired) electrons. The Morgan fingerprint density at radius 3 is 2.59 bits per heavy atom. The van der Waals surface area contributed by atoms with Gasteiger partial charge >= 0.3 is 5.97 Å². The van der Waals surface area contributed by atoms with Gasteiger partial charge in [0, 0.05) is 11.8 Å². The van der Waals surface area contributed by atoms with Gasteiger partial charge in [0.1, 0.15) is 0 Å². The summed E-state index contributed by atoms with van der Waals surface area (Å²) in [5.74, 6) is 0.739. The molecule has 6 heteroatoms. The number of anilines is 1. The van der Waals surface area contributed by atoms with E-state index in [1.807, 2.05) is 24.3 Å². The maximum absolute atomic E-state index is 11.9. The number of carbonyl (C=O) groups excluding carboxylic acids is 2. The molecule has 0 saturated heterocycles. The number of rotatable bonds is 6. The topological polar surface area (TPSA) is 73.9 Å². The molecule has 1 N–H and O–H groups in total. The van der Waals surface area contributed by atoms with E-state index in [1.165, 1.54) is 11.6 Å². The summed E-state index contributed by atoms with van der Waals surface area (Å²) < 4.78 is 15.5. The van der Waals surface area contributed by atoms with E-state index >= 15 is 0 Å². The van der Waals surface area contributed by atoms with Gasteiger partial charge in [-0.25, -0.2) is 4.79 Å². The summed E-state index contributed by atoms with van der Waals surface area (Å²) in [6, 6.07) is 12.9. The van der Waals surface area contributed by atoms with Gasteiger partial charge in [0.25, 0.3) is 5.91 Å². The fourth-order valence-electron chi connectivity index (χ4n) is 2.51. The van der Waals surface area contributed by atoms with Crippen LogP contribution in [0.5, 0.6) is 11.5 Å². The highest BCUT2D eigenvalue weighted by molar-refractivity contribution is 5.94. The zero-order chi connectivity index (χ0) is 19.2. The average Bonchev–Trinajstić information content (AvgIpc) is 3.13. The lowest BCUT2D eigenvalue weighted by Crippen LogP contribution is -2.20. The van der Waals surface area contributed by atoms with Crippen LogP contribution in [-0.4, -0.2) is 25.3 Å². The van der Waals surface area contributed by atoms with E-state index in [-0.39, 0.29) is 13.4 Å². The summed E-state index contributed by atoms with van der Waals surface area (Å²) in [6.45, 7) is 4.05. The number of amides is 1. The lowest BCUT2D eigenvalue weighted by atomic mass is 10.0. The van der Waals surface area contributed by atoms with Crippen LogP contribution in [0.3, 0.4) is 0 Å². The van der Waals surface area contributed by atoms with Crippen molar-refractivity contribution in [3.05, 3.63) is 59.7 Å². The number of esters is 1. The Balaban J connectivity index is 1.46. The van der Waals surface area contributed by atoms with E-state index < -0.39 is 11.9 Å². The van der Waals surface area contributed by atoms with Crippen LogP contribution in [0.15, 0.2) is 48.5 Å². The van der Waals surface area contributed by atoms with Crippen LogP contribution in [0.2, 0.25) is 0 Å². The summed E-state index contributed by atoms with van der Waals surface area (Å²) >= 11 is 0. The van der Waals surface area contributed by atoms with Crippen molar-refractivity contribution < 1.29 is 23.8 Å². The van der Waals surface area contributed by atoms with Crippen LogP contribution in [0.4, 0.5) is 5.69 Å². The van der Waals surface area contributed by atoms with Crippen molar-refractivity contribution in [1.29, 1.82) is 0 Å². The smallest absolute Gasteiger partial charge is 0.331 e. The quantitative estimate of drug-likeness (QED) is 0.622. The summed E-state index contributed by atoms with van der Waals surface area (Å²) in [5.41, 5.74) is 2.62. The maximum Gasteiger partial charge on any atom is 0.331 e. The molecular formula is C21H21NO5. The third kappa shape index (κ3) is 5.10. The second-order valence-electron chi connectivity index (χ2n) is 6.38. The second kappa shape index (κ2) is 8.40. The predicted octanol–water partition coefficient (Wildman–Crippen LogP) is 3.73. The molecule has 6 nitrogen and oxygen atoms in total. The van der Waals surface area contributed by atoms with Gasteiger partial charge in [-0.3, -0.25) is 4.79 Å². The minimum atomic E-state index is -0.599. The van der Waals surface area contributed by atoms with Crippen LogP contribution in [0, 0.1) is 0 Å². The summed E-state index contributed by atoms with van der Waals surface area (Å²) in [6.07, 6.45) is 2.86. The number of ether oxygens (including phenoxy) is 3. The van der Waals surface area contributed by atoms with E-state index in [0.29, 0.717) is 23.1 Å². The molecule has 2 aromatic carbocycles. The average molecular weight is 367 g/mol. The normalized spacial score (nSPS) is 12.4. The Bertz CT molecular complexity index is 855. The molecule has 0 aliphatic carbocycles. The van der Waals surface area contributed by atoms with Crippen molar-refractivity contribution in [2.24, 2.45) is 0 Å². The van der Waals surface area contributed by atoms with Gasteiger partial charge < -0.3 is 19.5 Å². The Morgan fingerprint density at radius 1 is 1.11 bits per heavy atom. The highest BCUT2D eigenvalue weighted by Crippen LogP contribution is 2.32. The predicted molar refractivity (Wildman–Crippen MR) is 102 cm³/mol. The lowest BCUT2D eigenvalue weighted by molar-refractivity contribution is -0.142. The van der Waals surface area contributed by atoms with Crippen molar-refractivity contribution >= 4 is 23.6 Å². The summed E-state index contributed by atoms with van der Waals surface area (Å²) in [4.78, 5) is 23.7. The van der Waals surface area contributed by atoms with E-state index in [1.54, 1.807) is 24.3 Å². The van der Waals surface area contributed by atoms with Gasteiger partial charge in [0.15, 0.2) is 18.1 Å². The van der Waals surface area contributed by atoms with E-state index in [0.717, 1.165) is 5.56 Å². The van der Waals surface area contributed by atoms with Crippen molar-refractivity contribution in [2.75, 3.05) is 18.7 Å². The maximum atomic E-state index is 11.9. The van der Waals surface area contributed by atoms with Crippen LogP contribution >= 0.6 is 0 Å². The Kier molecular flexibility index (Phi) is 5.76.